The first-order chi connectivity index (χ1) is 7.47. The molecule has 0 bridgehead atoms. The molecular formula is C10H7ClN2O3. The molecule has 0 N–H and O–H groups in total. The third-order valence-corrected chi connectivity index (χ3v) is 2.33. The summed E-state index contributed by atoms with van der Waals surface area (Å²) in [5, 5.41) is 17.8. The number of rotatable bonds is 3. The van der Waals surface area contributed by atoms with Gasteiger partial charge in [-0.25, -0.2) is 0 Å². The van der Waals surface area contributed by atoms with E-state index >= 15 is 0 Å². The molecule has 0 saturated carbocycles. The van der Waals surface area contributed by atoms with Crippen LogP contribution in [0.15, 0.2) is 18.2 Å². The van der Waals surface area contributed by atoms with E-state index < -0.39 is 16.1 Å². The Labute approximate surface area is 96.4 Å². The van der Waals surface area contributed by atoms with Gasteiger partial charge in [-0.2, -0.15) is 5.26 Å². The SMILES string of the molecule is Cc1ccc(C(=O)C(Cl)C#N)cc1[N+](=O)[O-]. The number of alkyl halides is 1. The minimum Gasteiger partial charge on any atom is -0.291 e. The van der Waals surface area contributed by atoms with E-state index in [9.17, 15) is 14.9 Å². The second kappa shape index (κ2) is 4.73. The molecule has 0 aliphatic rings. The predicted molar refractivity (Wildman–Crippen MR) is 57.4 cm³/mol. The van der Waals surface area contributed by atoms with Crippen molar-refractivity contribution in [1.82, 2.24) is 0 Å². The summed E-state index contributed by atoms with van der Waals surface area (Å²) in [6, 6.07) is 5.57. The lowest BCUT2D eigenvalue weighted by Crippen LogP contribution is -2.12. The molecule has 0 amide bonds. The van der Waals surface area contributed by atoms with E-state index in [2.05, 4.69) is 0 Å². The van der Waals surface area contributed by atoms with Crippen molar-refractivity contribution in [1.29, 1.82) is 5.26 Å². The number of nitro groups is 1. The molecule has 82 valence electrons. The van der Waals surface area contributed by atoms with Crippen molar-refractivity contribution < 1.29 is 9.72 Å². The maximum Gasteiger partial charge on any atom is 0.273 e. The van der Waals surface area contributed by atoms with Gasteiger partial charge in [-0.05, 0) is 6.92 Å². The lowest BCUT2D eigenvalue weighted by molar-refractivity contribution is -0.385. The Morgan fingerprint density at radius 3 is 2.75 bits per heavy atom. The average molecular weight is 239 g/mol. The molecule has 0 aliphatic carbocycles. The summed E-state index contributed by atoms with van der Waals surface area (Å²) in [6.45, 7) is 1.56. The van der Waals surface area contributed by atoms with Crippen molar-refractivity contribution >= 4 is 23.1 Å². The smallest absolute Gasteiger partial charge is 0.273 e. The number of carbonyl (C=O) groups is 1. The molecular weight excluding hydrogens is 232 g/mol. The Balaban J connectivity index is 3.19. The summed E-state index contributed by atoms with van der Waals surface area (Å²) in [5.41, 5.74) is 0.358. The zero-order valence-electron chi connectivity index (χ0n) is 8.31. The van der Waals surface area contributed by atoms with Gasteiger partial charge >= 0.3 is 0 Å². The number of ketones is 1. The number of aryl methyl sites for hydroxylation is 1. The maximum atomic E-state index is 11.5. The second-order valence-corrected chi connectivity index (χ2v) is 3.55. The van der Waals surface area contributed by atoms with Crippen molar-refractivity contribution in [3.8, 4) is 6.07 Å². The first-order valence-corrected chi connectivity index (χ1v) is 4.74. The lowest BCUT2D eigenvalue weighted by atomic mass is 10.1. The van der Waals surface area contributed by atoms with Gasteiger partial charge < -0.3 is 0 Å². The Hall–Kier alpha value is -1.93. The molecule has 0 heterocycles. The van der Waals surface area contributed by atoms with Crippen LogP contribution in [-0.4, -0.2) is 16.1 Å². The van der Waals surface area contributed by atoms with E-state index in [4.69, 9.17) is 16.9 Å². The van der Waals surface area contributed by atoms with Crippen molar-refractivity contribution in [2.24, 2.45) is 0 Å². The number of carbonyl (C=O) groups excluding carboxylic acids is 1. The molecule has 16 heavy (non-hydrogen) atoms. The van der Waals surface area contributed by atoms with Crippen LogP contribution >= 0.6 is 11.6 Å². The minimum atomic E-state index is -1.32. The van der Waals surface area contributed by atoms with Crippen LogP contribution in [0.4, 0.5) is 5.69 Å². The van der Waals surface area contributed by atoms with Crippen LogP contribution in [-0.2, 0) is 0 Å². The number of halogens is 1. The summed E-state index contributed by atoms with van der Waals surface area (Å²) in [7, 11) is 0. The Morgan fingerprint density at radius 2 is 2.25 bits per heavy atom. The molecule has 1 atom stereocenters. The Bertz CT molecular complexity index is 493. The Kier molecular flexibility index (Phi) is 3.59. The molecule has 1 unspecified atom stereocenters. The summed E-state index contributed by atoms with van der Waals surface area (Å²) in [6.07, 6.45) is 0. The van der Waals surface area contributed by atoms with Gasteiger partial charge in [-0.15, -0.1) is 0 Å². The third kappa shape index (κ3) is 2.35. The molecule has 1 aromatic carbocycles. The van der Waals surface area contributed by atoms with Crippen LogP contribution < -0.4 is 0 Å². The zero-order valence-corrected chi connectivity index (χ0v) is 9.06. The number of hydrogen-bond donors (Lipinski definition) is 0. The number of Topliss-reactive ketones (excluding diaryl/α,β-unsaturated/α-hetero) is 1. The highest BCUT2D eigenvalue weighted by molar-refractivity contribution is 6.35. The van der Waals surface area contributed by atoms with Gasteiger partial charge in [0.25, 0.3) is 5.69 Å². The minimum absolute atomic E-state index is 0.0684. The number of hydrogen-bond acceptors (Lipinski definition) is 4. The second-order valence-electron chi connectivity index (χ2n) is 3.11. The van der Waals surface area contributed by atoms with Crippen molar-refractivity contribution in [3.63, 3.8) is 0 Å². The molecule has 0 aliphatic heterocycles. The first kappa shape index (κ1) is 12.1. The third-order valence-electron chi connectivity index (χ3n) is 2.03. The summed E-state index contributed by atoms with van der Waals surface area (Å²) in [4.78, 5) is 21.5. The molecule has 6 heteroatoms. The predicted octanol–water partition coefficient (Wildman–Crippen LogP) is 2.22. The number of nitrogens with zero attached hydrogens (tertiary/aromatic N) is 2. The molecule has 1 aromatic rings. The largest absolute Gasteiger partial charge is 0.291 e. The summed E-state index contributed by atoms with van der Waals surface area (Å²) < 4.78 is 0. The van der Waals surface area contributed by atoms with Crippen LogP contribution in [0.2, 0.25) is 0 Å². The van der Waals surface area contributed by atoms with E-state index in [0.29, 0.717) is 5.56 Å². The lowest BCUT2D eigenvalue weighted by Gasteiger charge is -2.02. The highest BCUT2D eigenvalue weighted by Gasteiger charge is 2.20. The number of benzene rings is 1. The molecule has 0 fully saturated rings. The van der Waals surface area contributed by atoms with Gasteiger partial charge in [0.1, 0.15) is 0 Å². The fourth-order valence-corrected chi connectivity index (χ4v) is 1.29. The zero-order chi connectivity index (χ0) is 12.3. The number of nitriles is 1. The Morgan fingerprint density at radius 1 is 1.62 bits per heavy atom. The van der Waals surface area contributed by atoms with Gasteiger partial charge in [0.2, 0.25) is 0 Å². The van der Waals surface area contributed by atoms with Crippen molar-refractivity contribution in [2.45, 2.75) is 12.3 Å². The van der Waals surface area contributed by atoms with E-state index in [0.717, 1.165) is 6.07 Å². The summed E-state index contributed by atoms with van der Waals surface area (Å²) in [5.74, 6) is -0.632. The van der Waals surface area contributed by atoms with Crippen LogP contribution in [0.5, 0.6) is 0 Å². The standard InChI is InChI=1S/C10H7ClN2O3/c1-6-2-3-7(4-9(6)13(15)16)10(14)8(11)5-12/h2-4,8H,1H3. The number of nitro benzene ring substituents is 1. The maximum absolute atomic E-state index is 11.5. The van der Waals surface area contributed by atoms with Crippen LogP contribution in [0.25, 0.3) is 0 Å². The normalized spacial score (nSPS) is 11.6. The summed E-state index contributed by atoms with van der Waals surface area (Å²) >= 11 is 5.44. The molecule has 0 saturated heterocycles. The fourth-order valence-electron chi connectivity index (χ4n) is 1.16. The highest BCUT2D eigenvalue weighted by Crippen LogP contribution is 2.20. The van der Waals surface area contributed by atoms with Crippen LogP contribution in [0.3, 0.4) is 0 Å². The molecule has 0 aromatic heterocycles. The molecule has 0 radical (unpaired) electrons. The molecule has 1 rings (SSSR count). The topological polar surface area (TPSA) is 84.0 Å². The van der Waals surface area contributed by atoms with Gasteiger partial charge in [0.05, 0.1) is 11.0 Å². The highest BCUT2D eigenvalue weighted by atomic mass is 35.5. The van der Waals surface area contributed by atoms with E-state index in [-0.39, 0.29) is 11.3 Å². The quantitative estimate of drug-likeness (QED) is 0.350. The van der Waals surface area contributed by atoms with Crippen molar-refractivity contribution in [3.05, 3.63) is 39.4 Å². The van der Waals surface area contributed by atoms with Crippen LogP contribution in [0, 0.1) is 28.4 Å². The van der Waals surface area contributed by atoms with Gasteiger partial charge in [0, 0.05) is 17.2 Å². The van der Waals surface area contributed by atoms with Gasteiger partial charge in [-0.1, -0.05) is 23.7 Å². The molecule has 0 spiro atoms. The van der Waals surface area contributed by atoms with E-state index in [1.165, 1.54) is 12.1 Å². The van der Waals surface area contributed by atoms with E-state index in [1.807, 2.05) is 0 Å². The molecule has 5 nitrogen and oxygen atoms in total. The monoisotopic (exact) mass is 238 g/mol. The first-order valence-electron chi connectivity index (χ1n) is 4.30. The van der Waals surface area contributed by atoms with Gasteiger partial charge in [0.15, 0.2) is 11.2 Å². The fraction of sp³-hybridized carbons (Fsp3) is 0.200. The van der Waals surface area contributed by atoms with Gasteiger partial charge in [-0.3, -0.25) is 14.9 Å². The van der Waals surface area contributed by atoms with E-state index in [1.54, 1.807) is 13.0 Å². The van der Waals surface area contributed by atoms with Crippen molar-refractivity contribution in [2.75, 3.05) is 0 Å². The van der Waals surface area contributed by atoms with Crippen LogP contribution in [0.1, 0.15) is 15.9 Å². The average Bonchev–Trinajstić information content (AvgIpc) is 2.27.